The molecule has 156 valence electrons. The lowest BCUT2D eigenvalue weighted by Crippen LogP contribution is -2.54. The van der Waals surface area contributed by atoms with Crippen LogP contribution in [-0.4, -0.2) is 29.1 Å². The fourth-order valence-corrected chi connectivity index (χ4v) is 4.59. The maximum atomic E-state index is 14.4. The van der Waals surface area contributed by atoms with Gasteiger partial charge in [-0.3, -0.25) is 9.78 Å². The first-order valence-electron chi connectivity index (χ1n) is 9.94. The van der Waals surface area contributed by atoms with E-state index in [1.807, 2.05) is 26.0 Å². The number of aromatic nitrogens is 1. The van der Waals surface area contributed by atoms with Gasteiger partial charge in [0, 0.05) is 35.8 Å². The van der Waals surface area contributed by atoms with Gasteiger partial charge in [-0.15, -0.1) is 12.4 Å². The predicted octanol–water partition coefficient (Wildman–Crippen LogP) is 4.17. The Labute approximate surface area is 176 Å². The van der Waals surface area contributed by atoms with E-state index < -0.39 is 0 Å². The Bertz CT molecular complexity index is 894. The number of hydrogen-bond donors (Lipinski definition) is 2. The first-order chi connectivity index (χ1) is 13.5. The lowest BCUT2D eigenvalue weighted by Gasteiger charge is -2.37. The lowest BCUT2D eigenvalue weighted by atomic mass is 9.83. The van der Waals surface area contributed by atoms with Gasteiger partial charge in [0.05, 0.1) is 12.3 Å². The molecule has 29 heavy (non-hydrogen) atoms. The average Bonchev–Trinajstić information content (AvgIpc) is 3.05. The van der Waals surface area contributed by atoms with Crippen LogP contribution in [0.15, 0.2) is 36.5 Å². The summed E-state index contributed by atoms with van der Waals surface area (Å²) in [5.74, 6) is 0.468. The summed E-state index contributed by atoms with van der Waals surface area (Å²) in [6.45, 7) is 4.48. The monoisotopic (exact) mass is 419 g/mol. The number of amides is 1. The zero-order valence-electron chi connectivity index (χ0n) is 16.7. The highest BCUT2D eigenvalue weighted by molar-refractivity contribution is 5.85. The highest BCUT2D eigenvalue weighted by Gasteiger charge is 2.44. The number of halogens is 2. The Balaban J connectivity index is 0.00000240. The first kappa shape index (κ1) is 21.5. The smallest absolute Gasteiger partial charge is 0.222 e. The standard InChI is InChI=1S/C22H26FN3O2.ClH/c1-3-28-16-4-5-18(23)17(11-16)15-7-9-24-20(10-15)19-6-8-22(26-19)12-14(2)25-21(27)13-22;/h4-5,7,9-11,14,19,26H,3,6,8,12-13H2,1-2H3,(H,25,27);1H. The van der Waals surface area contributed by atoms with Crippen molar-refractivity contribution >= 4 is 18.3 Å². The van der Waals surface area contributed by atoms with Gasteiger partial charge in [0.2, 0.25) is 5.91 Å². The van der Waals surface area contributed by atoms with Crippen molar-refractivity contribution < 1.29 is 13.9 Å². The highest BCUT2D eigenvalue weighted by atomic mass is 35.5. The van der Waals surface area contributed by atoms with E-state index in [1.165, 1.54) is 6.07 Å². The molecule has 1 aromatic carbocycles. The van der Waals surface area contributed by atoms with Crippen LogP contribution in [0.4, 0.5) is 4.39 Å². The summed E-state index contributed by atoms with van der Waals surface area (Å²) in [5, 5.41) is 6.66. The van der Waals surface area contributed by atoms with E-state index in [-0.39, 0.29) is 41.8 Å². The van der Waals surface area contributed by atoms with Crippen LogP contribution in [0.5, 0.6) is 5.75 Å². The summed E-state index contributed by atoms with van der Waals surface area (Å²) in [7, 11) is 0. The molecular weight excluding hydrogens is 393 g/mol. The molecule has 1 aromatic heterocycles. The summed E-state index contributed by atoms with van der Waals surface area (Å²) in [4.78, 5) is 16.6. The SMILES string of the molecule is CCOc1ccc(F)c(-c2ccnc(C3CCC4(CC(=O)NC(C)C4)N3)c2)c1.Cl. The number of carbonyl (C=O) groups is 1. The van der Waals surface area contributed by atoms with Crippen LogP contribution >= 0.6 is 12.4 Å². The largest absolute Gasteiger partial charge is 0.494 e. The third-order valence-corrected chi connectivity index (χ3v) is 5.69. The minimum absolute atomic E-state index is 0. The van der Waals surface area contributed by atoms with Gasteiger partial charge in [0.25, 0.3) is 0 Å². The molecule has 2 N–H and O–H groups in total. The quantitative estimate of drug-likeness (QED) is 0.780. The molecule has 3 heterocycles. The Morgan fingerprint density at radius 3 is 2.90 bits per heavy atom. The number of nitrogens with zero attached hydrogens (tertiary/aromatic N) is 1. The molecule has 3 unspecified atom stereocenters. The summed E-state index contributed by atoms with van der Waals surface area (Å²) < 4.78 is 20.0. The van der Waals surface area contributed by atoms with Crippen LogP contribution in [0, 0.1) is 5.82 Å². The molecular formula is C22H27ClFN3O2. The van der Waals surface area contributed by atoms with Gasteiger partial charge in [0.15, 0.2) is 0 Å². The summed E-state index contributed by atoms with van der Waals surface area (Å²) >= 11 is 0. The van der Waals surface area contributed by atoms with Crippen molar-refractivity contribution in [2.75, 3.05) is 6.61 Å². The van der Waals surface area contributed by atoms with Gasteiger partial charge >= 0.3 is 0 Å². The summed E-state index contributed by atoms with van der Waals surface area (Å²) in [6.07, 6.45) is 4.99. The van der Waals surface area contributed by atoms with Crippen molar-refractivity contribution in [1.82, 2.24) is 15.6 Å². The molecule has 2 aliphatic rings. The van der Waals surface area contributed by atoms with Gasteiger partial charge < -0.3 is 15.4 Å². The number of carbonyl (C=O) groups excluding carboxylic acids is 1. The Kier molecular flexibility index (Phi) is 6.44. The number of hydrogen-bond acceptors (Lipinski definition) is 4. The van der Waals surface area contributed by atoms with Crippen LogP contribution in [0.25, 0.3) is 11.1 Å². The van der Waals surface area contributed by atoms with Gasteiger partial charge in [-0.05, 0) is 69.0 Å². The molecule has 4 rings (SSSR count). The molecule has 5 nitrogen and oxygen atoms in total. The van der Waals surface area contributed by atoms with E-state index in [1.54, 1.807) is 18.3 Å². The van der Waals surface area contributed by atoms with Gasteiger partial charge in [-0.2, -0.15) is 0 Å². The second kappa shape index (κ2) is 8.67. The van der Waals surface area contributed by atoms with Crippen LogP contribution in [0.3, 0.4) is 0 Å². The maximum absolute atomic E-state index is 14.4. The number of piperidine rings is 1. The van der Waals surface area contributed by atoms with Crippen LogP contribution in [0.2, 0.25) is 0 Å². The molecule has 0 radical (unpaired) electrons. The van der Waals surface area contributed by atoms with Crippen molar-refractivity contribution in [1.29, 1.82) is 0 Å². The van der Waals surface area contributed by atoms with E-state index in [0.29, 0.717) is 24.3 Å². The number of rotatable bonds is 4. The molecule has 0 saturated carbocycles. The maximum Gasteiger partial charge on any atom is 0.222 e. The molecule has 0 bridgehead atoms. The zero-order valence-corrected chi connectivity index (χ0v) is 17.5. The molecule has 7 heteroatoms. The van der Waals surface area contributed by atoms with Crippen molar-refractivity contribution in [3.8, 4) is 16.9 Å². The fraction of sp³-hybridized carbons (Fsp3) is 0.455. The van der Waals surface area contributed by atoms with E-state index in [4.69, 9.17) is 4.74 Å². The van der Waals surface area contributed by atoms with Gasteiger partial charge in [-0.25, -0.2) is 4.39 Å². The Hall–Kier alpha value is -2.18. The Morgan fingerprint density at radius 1 is 1.31 bits per heavy atom. The van der Waals surface area contributed by atoms with Crippen molar-refractivity contribution in [3.05, 3.63) is 48.0 Å². The Morgan fingerprint density at radius 2 is 2.14 bits per heavy atom. The van der Waals surface area contributed by atoms with Gasteiger partial charge in [0.1, 0.15) is 11.6 Å². The molecule has 3 atom stereocenters. The van der Waals surface area contributed by atoms with E-state index >= 15 is 0 Å². The number of benzene rings is 1. The number of ether oxygens (including phenoxy) is 1. The minimum atomic E-state index is -0.283. The molecule has 2 saturated heterocycles. The first-order valence-corrected chi connectivity index (χ1v) is 9.94. The normalized spacial score (nSPS) is 26.1. The minimum Gasteiger partial charge on any atom is -0.494 e. The van der Waals surface area contributed by atoms with E-state index in [2.05, 4.69) is 15.6 Å². The summed E-state index contributed by atoms with van der Waals surface area (Å²) in [6, 6.07) is 8.80. The second-order valence-corrected chi connectivity index (χ2v) is 7.91. The molecule has 1 amide bonds. The molecule has 2 aromatic rings. The fourth-order valence-electron chi connectivity index (χ4n) is 4.59. The van der Waals surface area contributed by atoms with E-state index in [9.17, 15) is 9.18 Å². The van der Waals surface area contributed by atoms with Crippen LogP contribution in [0.1, 0.15) is 51.3 Å². The molecule has 0 aliphatic carbocycles. The third kappa shape index (κ3) is 4.54. The highest BCUT2D eigenvalue weighted by Crippen LogP contribution is 2.39. The zero-order chi connectivity index (χ0) is 19.7. The van der Waals surface area contributed by atoms with Crippen molar-refractivity contribution in [2.45, 2.75) is 57.2 Å². The van der Waals surface area contributed by atoms with Gasteiger partial charge in [-0.1, -0.05) is 0 Å². The lowest BCUT2D eigenvalue weighted by molar-refractivity contribution is -0.125. The number of pyridine rings is 1. The topological polar surface area (TPSA) is 63.2 Å². The molecule has 2 aliphatic heterocycles. The predicted molar refractivity (Wildman–Crippen MR) is 113 cm³/mol. The average molecular weight is 420 g/mol. The van der Waals surface area contributed by atoms with Crippen LogP contribution in [-0.2, 0) is 4.79 Å². The second-order valence-electron chi connectivity index (χ2n) is 7.91. The van der Waals surface area contributed by atoms with Crippen molar-refractivity contribution in [2.24, 2.45) is 0 Å². The van der Waals surface area contributed by atoms with E-state index in [0.717, 1.165) is 30.5 Å². The van der Waals surface area contributed by atoms with Crippen molar-refractivity contribution in [3.63, 3.8) is 0 Å². The molecule has 1 spiro atoms. The molecule has 2 fully saturated rings. The third-order valence-electron chi connectivity index (χ3n) is 5.69. The summed E-state index contributed by atoms with van der Waals surface area (Å²) in [5.41, 5.74) is 2.01. The van der Waals surface area contributed by atoms with Crippen LogP contribution < -0.4 is 15.4 Å². The number of nitrogens with one attached hydrogen (secondary N) is 2.